The standard InChI is InChI=1S/C16H21N3O2/c1-11-4-2-5-12(10-11)8-9-19-14-7-3-6-13(16(20)21)15(14)17-18-19/h3,6-7,11-12H,2,4-5,8-10H2,1H3,(H,20,21). The summed E-state index contributed by atoms with van der Waals surface area (Å²) in [5.74, 6) is 0.638. The molecule has 0 bridgehead atoms. The van der Waals surface area contributed by atoms with Gasteiger partial charge in [0, 0.05) is 6.54 Å². The molecule has 1 aromatic carbocycles. The number of carbonyl (C=O) groups is 1. The number of carboxylic acids is 1. The van der Waals surface area contributed by atoms with E-state index in [4.69, 9.17) is 0 Å². The number of aromatic carboxylic acids is 1. The molecular formula is C16H21N3O2. The van der Waals surface area contributed by atoms with Gasteiger partial charge in [-0.15, -0.1) is 5.10 Å². The molecule has 2 aromatic rings. The van der Waals surface area contributed by atoms with Crippen LogP contribution in [0.3, 0.4) is 0 Å². The molecule has 21 heavy (non-hydrogen) atoms. The molecule has 2 unspecified atom stereocenters. The number of nitrogens with zero attached hydrogens (tertiary/aromatic N) is 3. The molecule has 5 nitrogen and oxygen atoms in total. The molecule has 1 N–H and O–H groups in total. The second-order valence-electron chi connectivity index (χ2n) is 6.22. The first-order valence-electron chi connectivity index (χ1n) is 7.70. The van der Waals surface area contributed by atoms with Crippen molar-refractivity contribution >= 4 is 17.0 Å². The van der Waals surface area contributed by atoms with E-state index in [-0.39, 0.29) is 5.56 Å². The predicted octanol–water partition coefficient (Wildman–Crippen LogP) is 3.35. The lowest BCUT2D eigenvalue weighted by Crippen LogP contribution is -2.15. The molecule has 0 amide bonds. The second-order valence-corrected chi connectivity index (χ2v) is 6.22. The molecule has 112 valence electrons. The minimum absolute atomic E-state index is 0.227. The first-order valence-corrected chi connectivity index (χ1v) is 7.70. The van der Waals surface area contributed by atoms with E-state index in [1.54, 1.807) is 12.1 Å². The summed E-state index contributed by atoms with van der Waals surface area (Å²) >= 11 is 0. The largest absolute Gasteiger partial charge is 0.478 e. The molecule has 1 saturated carbocycles. The summed E-state index contributed by atoms with van der Waals surface area (Å²) in [6.45, 7) is 3.15. The quantitative estimate of drug-likeness (QED) is 0.936. The average Bonchev–Trinajstić information content (AvgIpc) is 2.88. The molecule has 1 aliphatic rings. The number of benzene rings is 1. The maximum absolute atomic E-state index is 11.2. The van der Waals surface area contributed by atoms with Gasteiger partial charge in [0.25, 0.3) is 0 Å². The molecule has 5 heteroatoms. The van der Waals surface area contributed by atoms with Gasteiger partial charge in [0.1, 0.15) is 5.52 Å². The highest BCUT2D eigenvalue weighted by molar-refractivity contribution is 6.00. The van der Waals surface area contributed by atoms with Gasteiger partial charge in [-0.3, -0.25) is 0 Å². The molecule has 0 radical (unpaired) electrons. The van der Waals surface area contributed by atoms with E-state index in [1.165, 1.54) is 25.7 Å². The molecule has 1 fully saturated rings. The zero-order valence-corrected chi connectivity index (χ0v) is 12.3. The third kappa shape index (κ3) is 2.91. The Labute approximate surface area is 124 Å². The van der Waals surface area contributed by atoms with Crippen molar-refractivity contribution in [3.8, 4) is 0 Å². The second kappa shape index (κ2) is 5.84. The van der Waals surface area contributed by atoms with Crippen LogP contribution in [0.25, 0.3) is 11.0 Å². The van der Waals surface area contributed by atoms with Crippen LogP contribution in [0.2, 0.25) is 0 Å². The lowest BCUT2D eigenvalue weighted by atomic mass is 9.81. The van der Waals surface area contributed by atoms with Crippen LogP contribution in [-0.4, -0.2) is 26.1 Å². The zero-order chi connectivity index (χ0) is 14.8. The van der Waals surface area contributed by atoms with Crippen molar-refractivity contribution in [1.82, 2.24) is 15.0 Å². The summed E-state index contributed by atoms with van der Waals surface area (Å²) in [6, 6.07) is 5.23. The minimum atomic E-state index is -0.950. The van der Waals surface area contributed by atoms with Crippen LogP contribution in [0.1, 0.15) is 49.4 Å². The average molecular weight is 287 g/mol. The Kier molecular flexibility index (Phi) is 3.90. The highest BCUT2D eigenvalue weighted by atomic mass is 16.4. The van der Waals surface area contributed by atoms with E-state index in [0.29, 0.717) is 5.52 Å². The number of rotatable bonds is 4. The zero-order valence-electron chi connectivity index (χ0n) is 12.3. The van der Waals surface area contributed by atoms with Crippen LogP contribution >= 0.6 is 0 Å². The fourth-order valence-corrected chi connectivity index (χ4v) is 3.46. The molecule has 0 spiro atoms. The third-order valence-electron chi connectivity index (χ3n) is 4.57. The number of hydrogen-bond donors (Lipinski definition) is 1. The molecule has 3 rings (SSSR count). The Morgan fingerprint density at radius 3 is 3.05 bits per heavy atom. The number of aromatic nitrogens is 3. The van der Waals surface area contributed by atoms with Crippen molar-refractivity contribution in [3.05, 3.63) is 23.8 Å². The van der Waals surface area contributed by atoms with E-state index in [2.05, 4.69) is 17.2 Å². The Morgan fingerprint density at radius 2 is 2.29 bits per heavy atom. The summed E-state index contributed by atoms with van der Waals surface area (Å²) < 4.78 is 1.85. The molecular weight excluding hydrogens is 266 g/mol. The van der Waals surface area contributed by atoms with Crippen molar-refractivity contribution in [2.24, 2.45) is 11.8 Å². The van der Waals surface area contributed by atoms with Crippen molar-refractivity contribution in [1.29, 1.82) is 0 Å². The van der Waals surface area contributed by atoms with E-state index in [9.17, 15) is 9.90 Å². The van der Waals surface area contributed by atoms with Gasteiger partial charge in [-0.05, 0) is 36.8 Å². The predicted molar refractivity (Wildman–Crippen MR) is 80.2 cm³/mol. The van der Waals surface area contributed by atoms with Gasteiger partial charge in [0.15, 0.2) is 0 Å². The van der Waals surface area contributed by atoms with Gasteiger partial charge in [-0.1, -0.05) is 37.5 Å². The van der Waals surface area contributed by atoms with Gasteiger partial charge in [-0.2, -0.15) is 0 Å². The highest BCUT2D eigenvalue weighted by Crippen LogP contribution is 2.31. The smallest absolute Gasteiger partial charge is 0.338 e. The third-order valence-corrected chi connectivity index (χ3v) is 4.57. The monoisotopic (exact) mass is 287 g/mol. The Morgan fingerprint density at radius 1 is 1.43 bits per heavy atom. The van der Waals surface area contributed by atoms with Gasteiger partial charge >= 0.3 is 5.97 Å². The molecule has 1 heterocycles. The van der Waals surface area contributed by atoms with E-state index < -0.39 is 5.97 Å². The first kappa shape index (κ1) is 14.0. The summed E-state index contributed by atoms with van der Waals surface area (Å²) in [5, 5.41) is 17.4. The number of fused-ring (bicyclic) bond motifs is 1. The fraction of sp³-hybridized carbons (Fsp3) is 0.562. The number of aryl methyl sites for hydroxylation is 1. The van der Waals surface area contributed by atoms with Crippen molar-refractivity contribution in [3.63, 3.8) is 0 Å². The van der Waals surface area contributed by atoms with Gasteiger partial charge in [0.2, 0.25) is 0 Å². The summed E-state index contributed by atoms with van der Waals surface area (Å²) in [7, 11) is 0. The first-order chi connectivity index (χ1) is 10.1. The van der Waals surface area contributed by atoms with Crippen LogP contribution in [-0.2, 0) is 6.54 Å². The Bertz CT molecular complexity index is 650. The lowest BCUT2D eigenvalue weighted by Gasteiger charge is -2.26. The maximum Gasteiger partial charge on any atom is 0.338 e. The van der Waals surface area contributed by atoms with E-state index in [0.717, 1.165) is 30.3 Å². The van der Waals surface area contributed by atoms with E-state index >= 15 is 0 Å². The van der Waals surface area contributed by atoms with Crippen LogP contribution in [0, 0.1) is 11.8 Å². The molecule has 1 aliphatic carbocycles. The molecule has 2 atom stereocenters. The van der Waals surface area contributed by atoms with Crippen LogP contribution in [0.4, 0.5) is 0 Å². The van der Waals surface area contributed by atoms with Crippen LogP contribution in [0.15, 0.2) is 18.2 Å². The van der Waals surface area contributed by atoms with Crippen molar-refractivity contribution in [2.75, 3.05) is 0 Å². The Hall–Kier alpha value is -1.91. The SMILES string of the molecule is CC1CCCC(CCn2nnc3c(C(=O)O)cccc32)C1. The molecule has 0 saturated heterocycles. The van der Waals surface area contributed by atoms with Crippen LogP contribution in [0.5, 0.6) is 0 Å². The summed E-state index contributed by atoms with van der Waals surface area (Å²) in [5.41, 5.74) is 1.53. The van der Waals surface area contributed by atoms with E-state index in [1.807, 2.05) is 10.7 Å². The normalized spacial score (nSPS) is 22.5. The van der Waals surface area contributed by atoms with Crippen molar-refractivity contribution < 1.29 is 9.90 Å². The van der Waals surface area contributed by atoms with Gasteiger partial charge in [-0.25, -0.2) is 9.48 Å². The van der Waals surface area contributed by atoms with Crippen molar-refractivity contribution in [2.45, 2.75) is 45.6 Å². The van der Waals surface area contributed by atoms with Gasteiger partial charge in [0.05, 0.1) is 11.1 Å². The fourth-order valence-electron chi connectivity index (χ4n) is 3.46. The lowest BCUT2D eigenvalue weighted by molar-refractivity contribution is 0.0699. The minimum Gasteiger partial charge on any atom is -0.478 e. The Balaban J connectivity index is 1.75. The topological polar surface area (TPSA) is 68.0 Å². The number of hydrogen-bond acceptors (Lipinski definition) is 3. The summed E-state index contributed by atoms with van der Waals surface area (Å²) in [4.78, 5) is 11.2. The van der Waals surface area contributed by atoms with Gasteiger partial charge < -0.3 is 5.11 Å². The highest BCUT2D eigenvalue weighted by Gasteiger charge is 2.19. The maximum atomic E-state index is 11.2. The molecule has 0 aliphatic heterocycles. The number of carboxylic acid groups (broad SMARTS) is 1. The van der Waals surface area contributed by atoms with Crippen LogP contribution < -0.4 is 0 Å². The molecule has 1 aromatic heterocycles. The summed E-state index contributed by atoms with van der Waals surface area (Å²) in [6.07, 6.45) is 6.38.